The van der Waals surface area contributed by atoms with Gasteiger partial charge in [0, 0.05) is 16.8 Å². The second-order valence-corrected chi connectivity index (χ2v) is 12.7. The molecule has 2 aliphatic carbocycles. The predicted molar refractivity (Wildman–Crippen MR) is 161 cm³/mol. The Bertz CT molecular complexity index is 1570. The number of halogens is 2. The average molecular weight is 680 g/mol. The molecule has 12 heteroatoms. The van der Waals surface area contributed by atoms with Gasteiger partial charge >= 0.3 is 0 Å². The van der Waals surface area contributed by atoms with E-state index in [2.05, 4.69) is 56.8 Å². The number of aryl methyl sites for hydroxylation is 2. The quantitative estimate of drug-likeness (QED) is 0.162. The lowest BCUT2D eigenvalue weighted by Gasteiger charge is -2.28. The first kappa shape index (κ1) is 27.8. The second-order valence-electron chi connectivity index (χ2n) is 9.40. The van der Waals surface area contributed by atoms with E-state index in [1.165, 1.54) is 36.4 Å². The Morgan fingerprint density at radius 2 is 1.45 bits per heavy atom. The Kier molecular flexibility index (Phi) is 8.61. The van der Waals surface area contributed by atoms with Crippen molar-refractivity contribution in [1.82, 2.24) is 29.5 Å². The molecule has 2 fully saturated rings. The molecule has 38 heavy (non-hydrogen) atoms. The van der Waals surface area contributed by atoms with Crippen LogP contribution in [0.15, 0.2) is 36.2 Å². The van der Waals surface area contributed by atoms with E-state index in [1.54, 1.807) is 0 Å². The molecule has 0 atom stereocenters. The van der Waals surface area contributed by atoms with Gasteiger partial charge in [0.2, 0.25) is 5.88 Å². The smallest absolute Gasteiger partial charge is 0.266 e. The molecule has 4 aromatic heterocycles. The first-order chi connectivity index (χ1) is 18.3. The highest BCUT2D eigenvalue weighted by Gasteiger charge is 2.25. The van der Waals surface area contributed by atoms with Gasteiger partial charge in [-0.05, 0) is 109 Å². The summed E-state index contributed by atoms with van der Waals surface area (Å²) in [5, 5.41) is 3.39. The van der Waals surface area contributed by atoms with Gasteiger partial charge in [0.25, 0.3) is 5.56 Å². The number of nitrogens with zero attached hydrogens (tertiary/aromatic N) is 6. The average Bonchev–Trinajstić information content (AvgIpc) is 2.84. The van der Waals surface area contributed by atoms with Crippen molar-refractivity contribution in [2.45, 2.75) is 74.8 Å². The lowest BCUT2D eigenvalue weighted by molar-refractivity contribution is 0.114. The molecule has 0 spiro atoms. The normalized spacial score (nSPS) is 15.6. The SMILES string of the molecule is CSc1nc(C)c2cc(Br)c(=O)n(C3CCC3)c2n1.CSc1nc(C)c2cc(Br)c(OC3CCC3)nc2n1. The zero-order chi connectivity index (χ0) is 27.0. The van der Waals surface area contributed by atoms with Gasteiger partial charge in [-0.2, -0.15) is 4.98 Å². The van der Waals surface area contributed by atoms with Crippen LogP contribution in [0.5, 0.6) is 5.88 Å². The molecule has 0 amide bonds. The maximum Gasteiger partial charge on any atom is 0.266 e. The molecule has 4 heterocycles. The van der Waals surface area contributed by atoms with Crippen LogP contribution in [-0.2, 0) is 0 Å². The van der Waals surface area contributed by atoms with Crippen LogP contribution in [0.1, 0.15) is 56.0 Å². The van der Waals surface area contributed by atoms with Gasteiger partial charge in [-0.15, -0.1) is 0 Å². The number of aromatic nitrogens is 6. The van der Waals surface area contributed by atoms with Crippen molar-refractivity contribution in [2.24, 2.45) is 0 Å². The third kappa shape index (κ3) is 5.59. The van der Waals surface area contributed by atoms with Gasteiger partial charge < -0.3 is 4.74 Å². The molecule has 0 unspecified atom stereocenters. The number of hydrogen-bond acceptors (Lipinski definition) is 9. The molecule has 4 aromatic rings. The highest BCUT2D eigenvalue weighted by molar-refractivity contribution is 9.10. The molecule has 0 radical (unpaired) electrons. The summed E-state index contributed by atoms with van der Waals surface area (Å²) in [4.78, 5) is 34.8. The van der Waals surface area contributed by atoms with Crippen LogP contribution < -0.4 is 10.3 Å². The van der Waals surface area contributed by atoms with E-state index in [-0.39, 0.29) is 11.6 Å². The van der Waals surface area contributed by atoms with Crippen molar-refractivity contribution >= 4 is 77.5 Å². The van der Waals surface area contributed by atoms with Crippen LogP contribution >= 0.6 is 55.4 Å². The Morgan fingerprint density at radius 3 is 2.03 bits per heavy atom. The molecule has 2 saturated carbocycles. The molecule has 0 saturated heterocycles. The van der Waals surface area contributed by atoms with Gasteiger partial charge in [-0.1, -0.05) is 23.5 Å². The summed E-state index contributed by atoms with van der Waals surface area (Å²) in [5.41, 5.74) is 3.35. The zero-order valence-electron chi connectivity index (χ0n) is 21.6. The van der Waals surface area contributed by atoms with Crippen LogP contribution in [0.2, 0.25) is 0 Å². The molecule has 0 N–H and O–H groups in total. The number of thioether (sulfide) groups is 2. The van der Waals surface area contributed by atoms with E-state index in [0.29, 0.717) is 22.1 Å². The van der Waals surface area contributed by atoms with Crippen molar-refractivity contribution < 1.29 is 4.74 Å². The summed E-state index contributed by atoms with van der Waals surface area (Å²) >= 11 is 9.91. The van der Waals surface area contributed by atoms with Crippen LogP contribution in [0.25, 0.3) is 22.1 Å². The second kappa shape index (κ2) is 11.8. The monoisotopic (exact) mass is 678 g/mol. The summed E-state index contributed by atoms with van der Waals surface area (Å²) in [7, 11) is 0. The molecule has 200 valence electrons. The Balaban J connectivity index is 0.000000155. The van der Waals surface area contributed by atoms with E-state index >= 15 is 0 Å². The maximum atomic E-state index is 12.4. The minimum atomic E-state index is 0.0161. The Labute approximate surface area is 246 Å². The lowest BCUT2D eigenvalue weighted by atomic mass is 9.92. The van der Waals surface area contributed by atoms with Gasteiger partial charge in [0.15, 0.2) is 16.0 Å². The van der Waals surface area contributed by atoms with E-state index in [0.717, 1.165) is 68.3 Å². The van der Waals surface area contributed by atoms with E-state index in [1.807, 2.05) is 43.1 Å². The molecular weight excluding hydrogens is 652 g/mol. The van der Waals surface area contributed by atoms with Crippen molar-refractivity contribution in [3.63, 3.8) is 0 Å². The first-order valence-corrected chi connectivity index (χ1v) is 16.5. The number of rotatable bonds is 5. The van der Waals surface area contributed by atoms with Gasteiger partial charge in [0.05, 0.1) is 20.3 Å². The van der Waals surface area contributed by atoms with Crippen molar-refractivity contribution in [3.8, 4) is 5.88 Å². The molecule has 0 aliphatic heterocycles. The van der Waals surface area contributed by atoms with Crippen molar-refractivity contribution in [3.05, 3.63) is 42.8 Å². The highest BCUT2D eigenvalue weighted by Crippen LogP contribution is 2.34. The molecule has 6 rings (SSSR count). The summed E-state index contributed by atoms with van der Waals surface area (Å²) < 4.78 is 9.19. The lowest BCUT2D eigenvalue weighted by Crippen LogP contribution is -2.30. The summed E-state index contributed by atoms with van der Waals surface area (Å²) in [6, 6.07) is 4.12. The van der Waals surface area contributed by atoms with Crippen molar-refractivity contribution in [2.75, 3.05) is 12.5 Å². The number of ether oxygens (including phenoxy) is 1. The number of pyridine rings is 2. The van der Waals surface area contributed by atoms with Gasteiger partial charge in [0.1, 0.15) is 11.8 Å². The largest absolute Gasteiger partial charge is 0.474 e. The van der Waals surface area contributed by atoms with E-state index in [4.69, 9.17) is 4.74 Å². The van der Waals surface area contributed by atoms with E-state index < -0.39 is 0 Å². The molecular formula is C26H28Br2N6O2S2. The summed E-state index contributed by atoms with van der Waals surface area (Å²) in [6.45, 7) is 3.94. The zero-order valence-corrected chi connectivity index (χ0v) is 26.4. The fraction of sp³-hybridized carbons (Fsp3) is 0.462. The first-order valence-electron chi connectivity index (χ1n) is 12.5. The topological polar surface area (TPSA) is 95.7 Å². The van der Waals surface area contributed by atoms with Crippen molar-refractivity contribution in [1.29, 1.82) is 0 Å². The maximum absolute atomic E-state index is 12.4. The number of fused-ring (bicyclic) bond motifs is 2. The van der Waals surface area contributed by atoms with Gasteiger partial charge in [-0.3, -0.25) is 9.36 Å². The standard InChI is InChI=1S/2C13H14BrN3OS/c1-7-9-6-10(14)12(18)17(8-4-3-5-8)11(9)16-13(15-7)19-2;1-7-9-6-10(14)12(18-8-4-3-5-8)16-11(9)17-13(15-7)19-2/h2*6,8H,3-5H2,1-2H3. The third-order valence-electron chi connectivity index (χ3n) is 6.93. The molecule has 0 aromatic carbocycles. The number of hydrogen-bond donors (Lipinski definition) is 0. The third-order valence-corrected chi connectivity index (χ3v) is 9.16. The minimum absolute atomic E-state index is 0.0161. The van der Waals surface area contributed by atoms with Gasteiger partial charge in [-0.25, -0.2) is 19.9 Å². The minimum Gasteiger partial charge on any atom is -0.474 e. The predicted octanol–water partition coefficient (Wildman–Crippen LogP) is 7.06. The molecule has 0 bridgehead atoms. The highest BCUT2D eigenvalue weighted by atomic mass is 79.9. The summed E-state index contributed by atoms with van der Waals surface area (Å²) in [6.07, 6.45) is 11.0. The van der Waals surface area contributed by atoms with Crippen LogP contribution in [-0.4, -0.2) is 48.1 Å². The Hall–Kier alpha value is -1.76. The van der Waals surface area contributed by atoms with Crippen LogP contribution in [0, 0.1) is 13.8 Å². The van der Waals surface area contributed by atoms with E-state index in [9.17, 15) is 4.79 Å². The summed E-state index contributed by atoms with van der Waals surface area (Å²) in [5.74, 6) is 0.641. The van der Waals surface area contributed by atoms with Crippen LogP contribution in [0.3, 0.4) is 0 Å². The fourth-order valence-electron chi connectivity index (χ4n) is 4.32. The molecule has 2 aliphatic rings. The molecule has 8 nitrogen and oxygen atoms in total. The fourth-order valence-corrected chi connectivity index (χ4v) is 5.97. The Morgan fingerprint density at radius 1 is 0.842 bits per heavy atom. The van der Waals surface area contributed by atoms with Crippen LogP contribution in [0.4, 0.5) is 0 Å².